The van der Waals surface area contributed by atoms with Crippen molar-refractivity contribution in [2.45, 2.75) is 0 Å². The average molecular weight is 392 g/mol. The van der Waals surface area contributed by atoms with Gasteiger partial charge in [0.25, 0.3) is 0 Å². The molecule has 0 unspecified atom stereocenters. The molecule has 8 heteroatoms. The maximum Gasteiger partial charge on any atom is 0 e. The minimum atomic E-state index is 0. The maximum absolute atomic E-state index is 7.26. The zero-order valence-corrected chi connectivity index (χ0v) is 13.4. The van der Waals surface area contributed by atoms with Gasteiger partial charge in [0.2, 0.25) is 0 Å². The molecule has 3 radical (unpaired) electrons. The fourth-order valence-electron chi connectivity index (χ4n) is 0. The molecule has 0 atom stereocenters. The van der Waals surface area contributed by atoms with Crippen LogP contribution in [0.25, 0.3) is 0 Å². The average Bonchev–Trinajstić information content (AvgIpc) is 1.70. The van der Waals surface area contributed by atoms with Crippen LogP contribution in [0.1, 0.15) is 0 Å². The SMILES string of the molecule is N#C[S-].N#C[Se].N#C[Se].[Co].[Zn]. The fraction of sp³-hybridized carbons (Fsp3) is 0. The summed E-state index contributed by atoms with van der Waals surface area (Å²) >= 11 is 7.92. The molecule has 11 heavy (non-hydrogen) atoms. The van der Waals surface area contributed by atoms with E-state index >= 15 is 0 Å². The largest absolute Gasteiger partial charge is 0 e. The van der Waals surface area contributed by atoms with Crippen molar-refractivity contribution in [2.24, 2.45) is 0 Å². The number of nitrogens with zero attached hydrogens (tertiary/aromatic N) is 3. The van der Waals surface area contributed by atoms with Gasteiger partial charge < -0.3 is 12.6 Å². The first kappa shape index (κ1) is 29.7. The van der Waals surface area contributed by atoms with E-state index in [1.54, 1.807) is 9.94 Å². The first-order chi connectivity index (χ1) is 4.24. The van der Waals surface area contributed by atoms with E-state index < -0.39 is 0 Å². The van der Waals surface area contributed by atoms with Gasteiger partial charge >= 0.3 is 52.5 Å². The third-order valence-corrected chi connectivity index (χ3v) is 0. The van der Waals surface area contributed by atoms with Crippen molar-refractivity contribution in [2.75, 3.05) is 0 Å². The third kappa shape index (κ3) is 1160. The van der Waals surface area contributed by atoms with Gasteiger partial charge in [-0.25, -0.2) is 5.26 Å². The fourth-order valence-corrected chi connectivity index (χ4v) is 0. The summed E-state index contributed by atoms with van der Waals surface area (Å²) in [6.45, 7) is 0. The summed E-state index contributed by atoms with van der Waals surface area (Å²) in [5, 5.41) is 23.0. The normalized spacial score (nSPS) is 1.91. The third-order valence-electron chi connectivity index (χ3n) is 0. The molecule has 0 aliphatic carbocycles. The molecule has 0 rings (SSSR count). The Labute approximate surface area is 111 Å². The monoisotopic (exact) mass is 393 g/mol. The summed E-state index contributed by atoms with van der Waals surface area (Å²) in [6, 6.07) is 0. The maximum atomic E-state index is 7.26. The van der Waals surface area contributed by atoms with Gasteiger partial charge in [-0.15, -0.1) is 0 Å². The van der Waals surface area contributed by atoms with E-state index in [9.17, 15) is 0 Å². The summed E-state index contributed by atoms with van der Waals surface area (Å²) < 4.78 is 0. The van der Waals surface area contributed by atoms with E-state index in [1.165, 1.54) is 5.40 Å². The van der Waals surface area contributed by atoms with Crippen LogP contribution in [0, 0.1) is 31.1 Å². The molecule has 0 aromatic rings. The van der Waals surface area contributed by atoms with Gasteiger partial charge in [0.05, 0.1) is 0 Å². The van der Waals surface area contributed by atoms with Gasteiger partial charge in [0.1, 0.15) is 0 Å². The van der Waals surface area contributed by atoms with Crippen LogP contribution in [0.15, 0.2) is 0 Å². The molecule has 57 valence electrons. The van der Waals surface area contributed by atoms with Crippen LogP contribution in [0.4, 0.5) is 0 Å². The van der Waals surface area contributed by atoms with Crippen LogP contribution in [0.2, 0.25) is 0 Å². The van der Waals surface area contributed by atoms with Crippen LogP contribution >= 0.6 is 0 Å². The Morgan fingerprint density at radius 3 is 1.00 bits per heavy atom. The topological polar surface area (TPSA) is 71.4 Å². The molecular weight excluding hydrogens is 392 g/mol. The molecule has 0 saturated heterocycles. The molecule has 0 aromatic heterocycles. The van der Waals surface area contributed by atoms with E-state index in [1.807, 2.05) is 0 Å². The van der Waals surface area contributed by atoms with E-state index in [2.05, 4.69) is 44.7 Å². The molecule has 0 heterocycles. The molecule has 3 nitrogen and oxygen atoms in total. The summed E-state index contributed by atoms with van der Waals surface area (Å²) in [4.78, 5) is 3.25. The van der Waals surface area contributed by atoms with Crippen molar-refractivity contribution in [3.05, 3.63) is 0 Å². The smallest absolute Gasteiger partial charge is 0 e. The van der Waals surface area contributed by atoms with Crippen molar-refractivity contribution in [1.29, 1.82) is 15.8 Å². The molecule has 0 spiro atoms. The number of nitriles is 3. The Morgan fingerprint density at radius 1 is 1.00 bits per heavy atom. The molecule has 0 aromatic carbocycles. The van der Waals surface area contributed by atoms with E-state index in [-0.39, 0.29) is 36.3 Å². The van der Waals surface area contributed by atoms with Gasteiger partial charge in [0, 0.05) is 36.3 Å². The van der Waals surface area contributed by atoms with Crippen LogP contribution in [0.5, 0.6) is 0 Å². The van der Waals surface area contributed by atoms with Crippen molar-refractivity contribution >= 4 is 44.7 Å². The number of thiocyanates is 1. The standard InChI is InChI=1S/CHNS.2CNSe.Co.Zn/c3*2-1-3;;/h3H;;;;/p-1. The summed E-state index contributed by atoms with van der Waals surface area (Å²) in [7, 11) is 0. The quantitative estimate of drug-likeness (QED) is 0.310. The van der Waals surface area contributed by atoms with Crippen molar-refractivity contribution < 1.29 is 36.3 Å². The number of hydrogen-bond acceptors (Lipinski definition) is 4. The first-order valence-electron chi connectivity index (χ1n) is 1.28. The van der Waals surface area contributed by atoms with Gasteiger partial charge in [-0.1, -0.05) is 5.40 Å². The Kier molecular flexibility index (Phi) is 192. The summed E-state index contributed by atoms with van der Waals surface area (Å²) in [6.07, 6.45) is 0. The van der Waals surface area contributed by atoms with Crippen molar-refractivity contribution in [1.82, 2.24) is 0 Å². The van der Waals surface area contributed by atoms with Gasteiger partial charge in [-0.2, -0.15) is 0 Å². The van der Waals surface area contributed by atoms with E-state index in [0.717, 1.165) is 0 Å². The molecule has 0 N–H and O–H groups in total. The van der Waals surface area contributed by atoms with Crippen LogP contribution in [-0.2, 0) is 48.9 Å². The number of rotatable bonds is 0. The van der Waals surface area contributed by atoms with Crippen molar-refractivity contribution in [3.63, 3.8) is 0 Å². The molecule has 0 saturated carbocycles. The predicted octanol–water partition coefficient (Wildman–Crippen LogP) is -0.719. The van der Waals surface area contributed by atoms with E-state index in [0.29, 0.717) is 0 Å². The molecule has 0 amide bonds. The van der Waals surface area contributed by atoms with Crippen LogP contribution < -0.4 is 0 Å². The minimum absolute atomic E-state index is 0. The summed E-state index contributed by atoms with van der Waals surface area (Å²) in [5.74, 6) is 0. The van der Waals surface area contributed by atoms with Crippen LogP contribution in [0.3, 0.4) is 0 Å². The Hall–Kier alpha value is 0.859. The predicted molar refractivity (Wildman–Crippen MR) is 35.7 cm³/mol. The molecule has 0 aliphatic rings. The Morgan fingerprint density at radius 2 is 1.00 bits per heavy atom. The second-order valence-electron chi connectivity index (χ2n) is 0.274. The molecule has 0 fully saturated rings. The van der Waals surface area contributed by atoms with E-state index in [4.69, 9.17) is 15.8 Å². The Bertz CT molecular complexity index is 120. The second kappa shape index (κ2) is 70.9. The zero-order valence-electron chi connectivity index (χ0n) is 5.11. The van der Waals surface area contributed by atoms with Crippen LogP contribution in [-0.4, -0.2) is 32.0 Å². The summed E-state index contributed by atoms with van der Waals surface area (Å²) in [5.41, 5.74) is 0. The molecule has 0 aliphatic heterocycles. The minimum Gasteiger partial charge on any atom is 0 e. The molecule has 0 bridgehead atoms. The van der Waals surface area contributed by atoms with Gasteiger partial charge in [-0.3, -0.25) is 0 Å². The zero-order chi connectivity index (χ0) is 8.12. The van der Waals surface area contributed by atoms with Gasteiger partial charge in [-0.05, 0) is 0 Å². The molecular formula is C3CoN3SSe2Zn-. The van der Waals surface area contributed by atoms with Crippen molar-refractivity contribution in [3.8, 4) is 15.3 Å². The number of hydrogen-bond donors (Lipinski definition) is 0. The first-order valence-corrected chi connectivity index (χ1v) is 3.40. The second-order valence-corrected chi connectivity index (χ2v) is 1.22. The van der Waals surface area contributed by atoms with Gasteiger partial charge in [0.15, 0.2) is 0 Å². The Balaban J connectivity index is -0.0000000150.